The third kappa shape index (κ3) is 6.61. The Bertz CT molecular complexity index is 1180. The monoisotopic (exact) mass is 527 g/mol. The Balaban J connectivity index is 1.85. The summed E-state index contributed by atoms with van der Waals surface area (Å²) in [4.78, 5) is 25.2. The summed E-state index contributed by atoms with van der Waals surface area (Å²) in [6, 6.07) is 6.70. The van der Waals surface area contributed by atoms with Gasteiger partial charge in [-0.3, -0.25) is 14.5 Å². The van der Waals surface area contributed by atoms with Crippen molar-refractivity contribution in [2.45, 2.75) is 31.9 Å². The molecule has 1 amide bonds. The molecule has 0 aliphatic carbocycles. The van der Waals surface area contributed by atoms with Gasteiger partial charge in [0.05, 0.1) is 17.6 Å². The van der Waals surface area contributed by atoms with Crippen molar-refractivity contribution >= 4 is 46.3 Å². The number of amides is 1. The first-order valence-corrected chi connectivity index (χ1v) is 11.8. The van der Waals surface area contributed by atoms with Crippen LogP contribution in [0.2, 0.25) is 0 Å². The number of hydrogen-bond acceptors (Lipinski definition) is 5. The van der Waals surface area contributed by atoms with Crippen LogP contribution in [-0.2, 0) is 15.8 Å². The fraction of sp³-hybridized carbons (Fsp3) is 0.292. The van der Waals surface area contributed by atoms with Gasteiger partial charge in [-0.25, -0.2) is 4.39 Å². The number of methoxy groups -OCH3 is 1. The van der Waals surface area contributed by atoms with Crippen LogP contribution in [0.15, 0.2) is 41.3 Å². The highest BCUT2D eigenvalue weighted by molar-refractivity contribution is 8.26. The van der Waals surface area contributed by atoms with E-state index in [0.717, 1.165) is 23.9 Å². The molecule has 0 aromatic heterocycles. The molecule has 0 bridgehead atoms. The first-order chi connectivity index (χ1) is 16.5. The van der Waals surface area contributed by atoms with Gasteiger partial charge in [-0.1, -0.05) is 36.5 Å². The summed E-state index contributed by atoms with van der Waals surface area (Å²) in [5, 5.41) is 8.70. The minimum absolute atomic E-state index is 0.0601. The number of carboxylic acids is 1. The molecule has 1 fully saturated rings. The molecule has 0 radical (unpaired) electrons. The van der Waals surface area contributed by atoms with Crippen molar-refractivity contribution in [2.24, 2.45) is 0 Å². The molecule has 1 aliphatic rings. The van der Waals surface area contributed by atoms with Crippen LogP contribution in [0, 0.1) is 5.82 Å². The second-order valence-electron chi connectivity index (χ2n) is 7.69. The zero-order valence-corrected chi connectivity index (χ0v) is 20.2. The Morgan fingerprint density at radius 3 is 2.54 bits per heavy atom. The van der Waals surface area contributed by atoms with Crippen molar-refractivity contribution in [3.63, 3.8) is 0 Å². The van der Waals surface area contributed by atoms with Crippen LogP contribution in [0.3, 0.4) is 0 Å². The fourth-order valence-corrected chi connectivity index (χ4v) is 4.81. The minimum Gasteiger partial charge on any atom is -0.496 e. The summed E-state index contributed by atoms with van der Waals surface area (Å²) < 4.78 is 59.7. The number of carbonyl (C=O) groups is 2. The number of carbonyl (C=O) groups excluding carboxylic acids is 1. The summed E-state index contributed by atoms with van der Waals surface area (Å²) >= 11 is 6.38. The predicted octanol–water partition coefficient (Wildman–Crippen LogP) is 6.37. The maximum absolute atomic E-state index is 14.5. The van der Waals surface area contributed by atoms with E-state index >= 15 is 0 Å². The zero-order valence-electron chi connectivity index (χ0n) is 18.5. The van der Waals surface area contributed by atoms with Crippen molar-refractivity contribution in [1.29, 1.82) is 0 Å². The number of halogens is 4. The lowest BCUT2D eigenvalue weighted by molar-refractivity contribution is -0.138. The zero-order chi connectivity index (χ0) is 25.8. The molecule has 0 atom stereocenters. The molecule has 1 saturated heterocycles. The minimum atomic E-state index is -4.64. The van der Waals surface area contributed by atoms with Gasteiger partial charge in [0.1, 0.15) is 15.9 Å². The van der Waals surface area contributed by atoms with E-state index in [0.29, 0.717) is 46.7 Å². The fourth-order valence-electron chi connectivity index (χ4n) is 3.50. The van der Waals surface area contributed by atoms with Gasteiger partial charge < -0.3 is 9.84 Å². The maximum Gasteiger partial charge on any atom is 0.416 e. The number of aliphatic carboxylic acids is 1. The highest BCUT2D eigenvalue weighted by Gasteiger charge is 2.33. The van der Waals surface area contributed by atoms with Crippen LogP contribution in [0.1, 0.15) is 36.8 Å². The lowest BCUT2D eigenvalue weighted by atomic mass is 9.99. The van der Waals surface area contributed by atoms with Crippen molar-refractivity contribution in [2.75, 3.05) is 13.7 Å². The topological polar surface area (TPSA) is 66.8 Å². The molecule has 35 heavy (non-hydrogen) atoms. The smallest absolute Gasteiger partial charge is 0.416 e. The van der Waals surface area contributed by atoms with E-state index in [2.05, 4.69) is 0 Å². The highest BCUT2D eigenvalue weighted by atomic mass is 32.2. The Morgan fingerprint density at radius 1 is 1.14 bits per heavy atom. The Kier molecular flexibility index (Phi) is 8.55. The number of rotatable bonds is 9. The Morgan fingerprint density at radius 2 is 1.89 bits per heavy atom. The Hall–Kier alpha value is -2.92. The second kappa shape index (κ2) is 11.2. The molecule has 2 aromatic rings. The number of nitrogens with zero attached hydrogens (tertiary/aromatic N) is 1. The summed E-state index contributed by atoms with van der Waals surface area (Å²) in [6.07, 6.45) is -1.32. The number of alkyl halides is 3. The number of thiocarbonyl (C=S) groups is 1. The molecule has 0 saturated carbocycles. The quantitative estimate of drug-likeness (QED) is 0.177. The van der Waals surface area contributed by atoms with Gasteiger partial charge in [0.2, 0.25) is 0 Å². The number of ether oxygens (including phenoxy) is 1. The molecule has 2 aromatic carbocycles. The van der Waals surface area contributed by atoms with Crippen LogP contribution < -0.4 is 4.74 Å². The highest BCUT2D eigenvalue weighted by Crippen LogP contribution is 2.39. The number of unbranched alkanes of at least 4 members (excludes halogenated alkanes) is 2. The van der Waals surface area contributed by atoms with E-state index in [1.807, 2.05) is 0 Å². The molecule has 11 heteroatoms. The molecule has 0 spiro atoms. The first kappa shape index (κ1) is 26.7. The first-order valence-electron chi connectivity index (χ1n) is 10.5. The molecule has 1 heterocycles. The van der Waals surface area contributed by atoms with Gasteiger partial charge in [0.15, 0.2) is 0 Å². The molecule has 5 nitrogen and oxygen atoms in total. The van der Waals surface area contributed by atoms with E-state index in [1.165, 1.54) is 30.2 Å². The normalized spacial score (nSPS) is 15.2. The molecule has 1 aliphatic heterocycles. The van der Waals surface area contributed by atoms with Crippen LogP contribution >= 0.6 is 24.0 Å². The maximum atomic E-state index is 14.5. The van der Waals surface area contributed by atoms with Crippen molar-refractivity contribution in [3.05, 3.63) is 58.2 Å². The van der Waals surface area contributed by atoms with Gasteiger partial charge in [-0.2, -0.15) is 13.2 Å². The summed E-state index contributed by atoms with van der Waals surface area (Å²) in [5.74, 6) is -1.86. The number of carboxylic acid groups (broad SMARTS) is 1. The van der Waals surface area contributed by atoms with Crippen molar-refractivity contribution < 1.29 is 37.0 Å². The van der Waals surface area contributed by atoms with E-state index in [-0.39, 0.29) is 29.2 Å². The summed E-state index contributed by atoms with van der Waals surface area (Å²) in [6.45, 7) is 0.352. The SMILES string of the molecule is COc1ccc(C=C2SC(=S)N(CCCCCC(=O)O)C2=O)cc1-c1cc(C(F)(F)F)ccc1F. The van der Waals surface area contributed by atoms with Crippen LogP contribution in [0.25, 0.3) is 17.2 Å². The van der Waals surface area contributed by atoms with Crippen LogP contribution in [-0.4, -0.2) is 39.9 Å². The van der Waals surface area contributed by atoms with Crippen LogP contribution in [0.4, 0.5) is 17.6 Å². The third-order valence-corrected chi connectivity index (χ3v) is 6.63. The third-order valence-electron chi connectivity index (χ3n) is 5.25. The molecular weight excluding hydrogens is 506 g/mol. The lowest BCUT2D eigenvalue weighted by Crippen LogP contribution is -2.29. The largest absolute Gasteiger partial charge is 0.496 e. The van der Waals surface area contributed by atoms with Gasteiger partial charge in [-0.15, -0.1) is 0 Å². The average Bonchev–Trinajstić information content (AvgIpc) is 3.05. The molecule has 1 N–H and O–H groups in total. The number of thioether (sulfide) groups is 1. The standard InChI is InChI=1S/C24H21F4NO4S2/c1-33-19-9-6-14(11-17(19)16-13-15(24(26,27)28)7-8-18(16)25)12-20-22(32)29(23(34)35-20)10-4-2-3-5-21(30)31/h6-9,11-13H,2-5,10H2,1H3,(H,30,31). The summed E-state index contributed by atoms with van der Waals surface area (Å²) in [7, 11) is 1.33. The lowest BCUT2D eigenvalue weighted by Gasteiger charge is -2.14. The van der Waals surface area contributed by atoms with Crippen molar-refractivity contribution in [3.8, 4) is 16.9 Å². The van der Waals surface area contributed by atoms with E-state index < -0.39 is 23.5 Å². The predicted molar refractivity (Wildman–Crippen MR) is 129 cm³/mol. The molecule has 0 unspecified atom stereocenters. The van der Waals surface area contributed by atoms with Gasteiger partial charge in [-0.05, 0) is 54.8 Å². The van der Waals surface area contributed by atoms with Gasteiger partial charge in [0, 0.05) is 24.1 Å². The van der Waals surface area contributed by atoms with Gasteiger partial charge in [0.25, 0.3) is 5.91 Å². The molecule has 186 valence electrons. The molecular formula is C24H21F4NO4S2. The Labute approximate surface area is 208 Å². The molecule has 3 rings (SSSR count). The summed E-state index contributed by atoms with van der Waals surface area (Å²) in [5.41, 5.74) is -0.704. The van der Waals surface area contributed by atoms with Crippen LogP contribution in [0.5, 0.6) is 5.75 Å². The number of hydrogen-bond donors (Lipinski definition) is 1. The van der Waals surface area contributed by atoms with E-state index in [4.69, 9.17) is 22.1 Å². The van der Waals surface area contributed by atoms with Gasteiger partial charge >= 0.3 is 12.1 Å². The average molecular weight is 528 g/mol. The van der Waals surface area contributed by atoms with E-state index in [1.54, 1.807) is 6.07 Å². The van der Waals surface area contributed by atoms with E-state index in [9.17, 15) is 27.2 Å². The number of benzene rings is 2. The van der Waals surface area contributed by atoms with Crippen molar-refractivity contribution in [1.82, 2.24) is 4.90 Å². The second-order valence-corrected chi connectivity index (χ2v) is 9.37.